The molecule has 0 atom stereocenters. The second-order valence-electron chi connectivity index (χ2n) is 5.15. The van der Waals surface area contributed by atoms with Gasteiger partial charge in [0, 0.05) is 5.56 Å². The van der Waals surface area contributed by atoms with Crippen molar-refractivity contribution in [1.29, 1.82) is 0 Å². The lowest BCUT2D eigenvalue weighted by Crippen LogP contribution is -2.21. The monoisotopic (exact) mass is 310 g/mol. The van der Waals surface area contributed by atoms with Crippen molar-refractivity contribution in [2.75, 3.05) is 7.11 Å². The van der Waals surface area contributed by atoms with Crippen LogP contribution in [0.25, 0.3) is 0 Å². The number of ether oxygens (including phenoxy) is 1. The highest BCUT2D eigenvalue weighted by atomic mass is 79.9. The van der Waals surface area contributed by atoms with Gasteiger partial charge in [-0.25, -0.2) is 0 Å². The third kappa shape index (κ3) is 1.51. The number of benzene rings is 1. The van der Waals surface area contributed by atoms with Crippen LogP contribution in [0, 0.1) is 0 Å². The molecule has 2 aliphatic rings. The minimum atomic E-state index is -0.731. The number of halogens is 1. The van der Waals surface area contributed by atoms with E-state index in [4.69, 9.17) is 4.74 Å². The molecule has 96 valence electrons. The Balaban J connectivity index is 2.21. The van der Waals surface area contributed by atoms with Gasteiger partial charge in [0.25, 0.3) is 0 Å². The molecule has 3 rings (SSSR count). The standard InChI is InChI=1S/C14H15BrO3/c1-18-12-10(14(5-6-14)13(16)17)7-8-3-2-4-9(8)11(12)15/h7H,2-6H2,1H3,(H,16,17). The summed E-state index contributed by atoms with van der Waals surface area (Å²) in [7, 11) is 1.61. The Kier molecular flexibility index (Phi) is 2.66. The van der Waals surface area contributed by atoms with Gasteiger partial charge in [-0.15, -0.1) is 0 Å². The van der Waals surface area contributed by atoms with E-state index in [1.807, 2.05) is 0 Å². The van der Waals surface area contributed by atoms with Gasteiger partial charge in [-0.1, -0.05) is 6.07 Å². The second kappa shape index (κ2) is 3.98. The number of hydrogen-bond donors (Lipinski definition) is 1. The topological polar surface area (TPSA) is 46.5 Å². The van der Waals surface area contributed by atoms with Gasteiger partial charge < -0.3 is 9.84 Å². The average molecular weight is 311 g/mol. The molecule has 0 bridgehead atoms. The van der Waals surface area contributed by atoms with Crippen LogP contribution in [0.15, 0.2) is 10.5 Å². The number of fused-ring (bicyclic) bond motifs is 1. The van der Waals surface area contributed by atoms with Crippen LogP contribution in [0.2, 0.25) is 0 Å². The van der Waals surface area contributed by atoms with Crippen LogP contribution in [0.1, 0.15) is 36.0 Å². The van der Waals surface area contributed by atoms with E-state index in [1.165, 1.54) is 11.1 Å². The summed E-state index contributed by atoms with van der Waals surface area (Å²) in [6.45, 7) is 0. The number of hydrogen-bond acceptors (Lipinski definition) is 2. The minimum Gasteiger partial charge on any atom is -0.495 e. The first-order valence-electron chi connectivity index (χ1n) is 6.22. The minimum absolute atomic E-state index is 0.703. The Labute approximate surface area is 114 Å². The molecular weight excluding hydrogens is 296 g/mol. The fourth-order valence-electron chi connectivity index (χ4n) is 2.95. The molecule has 1 aromatic carbocycles. The van der Waals surface area contributed by atoms with Gasteiger partial charge in [-0.3, -0.25) is 4.79 Å². The summed E-state index contributed by atoms with van der Waals surface area (Å²) in [5.41, 5.74) is 2.72. The molecule has 0 aliphatic heterocycles. The lowest BCUT2D eigenvalue weighted by atomic mass is 9.92. The summed E-state index contributed by atoms with van der Waals surface area (Å²) >= 11 is 3.59. The van der Waals surface area contributed by atoms with Gasteiger partial charge in [0.15, 0.2) is 0 Å². The molecule has 3 nitrogen and oxygen atoms in total. The molecule has 1 saturated carbocycles. The van der Waals surface area contributed by atoms with Crippen molar-refractivity contribution in [3.63, 3.8) is 0 Å². The molecule has 0 saturated heterocycles. The van der Waals surface area contributed by atoms with Gasteiger partial charge in [-0.2, -0.15) is 0 Å². The van der Waals surface area contributed by atoms with E-state index in [0.29, 0.717) is 12.8 Å². The van der Waals surface area contributed by atoms with Gasteiger partial charge in [0.1, 0.15) is 5.75 Å². The fourth-order valence-corrected chi connectivity index (χ4v) is 3.78. The van der Waals surface area contributed by atoms with Crippen molar-refractivity contribution in [3.05, 3.63) is 27.2 Å². The third-order valence-electron chi connectivity index (χ3n) is 4.17. The maximum atomic E-state index is 11.5. The van der Waals surface area contributed by atoms with E-state index < -0.39 is 11.4 Å². The molecule has 0 heterocycles. The van der Waals surface area contributed by atoms with Gasteiger partial charge >= 0.3 is 5.97 Å². The first-order valence-corrected chi connectivity index (χ1v) is 7.01. The van der Waals surface area contributed by atoms with E-state index in [0.717, 1.165) is 35.0 Å². The van der Waals surface area contributed by atoms with Crippen LogP contribution >= 0.6 is 15.9 Å². The van der Waals surface area contributed by atoms with Crippen LogP contribution in [0.5, 0.6) is 5.75 Å². The molecule has 1 aromatic rings. The van der Waals surface area contributed by atoms with Crippen LogP contribution in [0.4, 0.5) is 0 Å². The van der Waals surface area contributed by atoms with Crippen molar-refractivity contribution in [2.45, 2.75) is 37.5 Å². The number of carboxylic acids is 1. The molecule has 0 amide bonds. The summed E-state index contributed by atoms with van der Waals surface area (Å²) in [6.07, 6.45) is 4.65. The Morgan fingerprint density at radius 1 is 1.44 bits per heavy atom. The zero-order valence-electron chi connectivity index (χ0n) is 10.3. The predicted octanol–water partition coefficient (Wildman–Crippen LogP) is 3.06. The maximum Gasteiger partial charge on any atom is 0.314 e. The number of methoxy groups -OCH3 is 1. The quantitative estimate of drug-likeness (QED) is 0.933. The van der Waals surface area contributed by atoms with E-state index in [-0.39, 0.29) is 0 Å². The third-order valence-corrected chi connectivity index (χ3v) is 5.01. The molecule has 0 unspecified atom stereocenters. The molecule has 0 spiro atoms. The highest BCUT2D eigenvalue weighted by molar-refractivity contribution is 9.10. The maximum absolute atomic E-state index is 11.5. The average Bonchev–Trinajstić information content (AvgIpc) is 3.02. The van der Waals surface area contributed by atoms with Crippen molar-refractivity contribution < 1.29 is 14.6 Å². The van der Waals surface area contributed by atoms with E-state index in [9.17, 15) is 9.90 Å². The van der Waals surface area contributed by atoms with Gasteiger partial charge in [0.05, 0.1) is 17.0 Å². The van der Waals surface area contributed by atoms with Crippen molar-refractivity contribution in [1.82, 2.24) is 0 Å². The van der Waals surface area contributed by atoms with E-state index >= 15 is 0 Å². The predicted molar refractivity (Wildman–Crippen MR) is 71.3 cm³/mol. The molecule has 0 aromatic heterocycles. The number of aliphatic carboxylic acids is 1. The van der Waals surface area contributed by atoms with Gasteiger partial charge in [0.2, 0.25) is 0 Å². The number of carbonyl (C=O) groups is 1. The van der Waals surface area contributed by atoms with Gasteiger partial charge in [-0.05, 0) is 59.2 Å². The summed E-state index contributed by atoms with van der Waals surface area (Å²) < 4.78 is 6.43. The highest BCUT2D eigenvalue weighted by Gasteiger charge is 2.54. The summed E-state index contributed by atoms with van der Waals surface area (Å²) in [5, 5.41) is 9.45. The number of carboxylic acid groups (broad SMARTS) is 1. The molecule has 1 N–H and O–H groups in total. The SMILES string of the molecule is COc1c(C2(C(=O)O)CC2)cc2c(c1Br)CCC2. The van der Waals surface area contributed by atoms with E-state index in [2.05, 4.69) is 22.0 Å². The van der Waals surface area contributed by atoms with Crippen molar-refractivity contribution in [2.24, 2.45) is 0 Å². The fraction of sp³-hybridized carbons (Fsp3) is 0.500. The smallest absolute Gasteiger partial charge is 0.314 e. The first-order chi connectivity index (χ1) is 8.60. The van der Waals surface area contributed by atoms with Crippen LogP contribution < -0.4 is 4.74 Å². The first kappa shape index (κ1) is 12.0. The summed E-state index contributed by atoms with van der Waals surface area (Å²) in [4.78, 5) is 11.5. The summed E-state index contributed by atoms with van der Waals surface area (Å²) in [6, 6.07) is 2.06. The van der Waals surface area contributed by atoms with Crippen molar-refractivity contribution in [3.8, 4) is 5.75 Å². The van der Waals surface area contributed by atoms with Crippen LogP contribution in [-0.2, 0) is 23.1 Å². The Bertz CT molecular complexity index is 532. The van der Waals surface area contributed by atoms with Crippen molar-refractivity contribution >= 4 is 21.9 Å². The van der Waals surface area contributed by atoms with Crippen LogP contribution in [0.3, 0.4) is 0 Å². The largest absolute Gasteiger partial charge is 0.495 e. The van der Waals surface area contributed by atoms with E-state index in [1.54, 1.807) is 7.11 Å². The molecule has 0 radical (unpaired) electrons. The highest BCUT2D eigenvalue weighted by Crippen LogP contribution is 2.54. The van der Waals surface area contributed by atoms with Crippen LogP contribution in [-0.4, -0.2) is 18.2 Å². The molecule has 18 heavy (non-hydrogen) atoms. The zero-order valence-corrected chi connectivity index (χ0v) is 11.8. The second-order valence-corrected chi connectivity index (χ2v) is 5.94. The molecule has 4 heteroatoms. The Morgan fingerprint density at radius 2 is 2.17 bits per heavy atom. The zero-order chi connectivity index (χ0) is 12.9. The molecule has 1 fully saturated rings. The normalized spacial score (nSPS) is 19.4. The number of aryl methyl sites for hydroxylation is 1. The molecule has 2 aliphatic carbocycles. The summed E-state index contributed by atoms with van der Waals surface area (Å²) in [5.74, 6) is -0.0128. The Hall–Kier alpha value is -1.03. The molecular formula is C14H15BrO3. The Morgan fingerprint density at radius 3 is 2.72 bits per heavy atom. The lowest BCUT2D eigenvalue weighted by molar-refractivity contribution is -0.140. The number of rotatable bonds is 3. The lowest BCUT2D eigenvalue weighted by Gasteiger charge is -2.19.